The van der Waals surface area contributed by atoms with Crippen molar-refractivity contribution < 1.29 is 0 Å². The number of rotatable bonds is 7. The fourth-order valence-electron chi connectivity index (χ4n) is 2.16. The molecule has 2 unspecified atom stereocenters. The number of hydrogen-bond donors (Lipinski definition) is 1. The van der Waals surface area contributed by atoms with Gasteiger partial charge in [-0.3, -0.25) is 4.98 Å². The Labute approximate surface area is 110 Å². The lowest BCUT2D eigenvalue weighted by Gasteiger charge is -2.18. The molecule has 0 bridgehead atoms. The molecule has 1 aliphatic rings. The van der Waals surface area contributed by atoms with E-state index in [9.17, 15) is 0 Å². The van der Waals surface area contributed by atoms with Crippen molar-refractivity contribution in [3.63, 3.8) is 0 Å². The second-order valence-electron chi connectivity index (χ2n) is 5.40. The van der Waals surface area contributed by atoms with E-state index in [0.717, 1.165) is 49.4 Å². The number of nitrogens with zero attached hydrogens (tertiary/aromatic N) is 3. The number of nitrogens with one attached hydrogen (secondary N) is 1. The minimum atomic E-state index is 0.808. The first-order valence-electron chi connectivity index (χ1n) is 6.93. The smallest absolute Gasteiger partial charge is 0.147 e. The first-order valence-corrected chi connectivity index (χ1v) is 6.93. The molecule has 0 aliphatic heterocycles. The maximum absolute atomic E-state index is 4.65. The third-order valence-corrected chi connectivity index (χ3v) is 3.58. The molecule has 1 saturated carbocycles. The third-order valence-electron chi connectivity index (χ3n) is 3.58. The van der Waals surface area contributed by atoms with Crippen molar-refractivity contribution >= 4 is 5.82 Å². The van der Waals surface area contributed by atoms with E-state index in [-0.39, 0.29) is 0 Å². The Balaban J connectivity index is 1.89. The minimum Gasteiger partial charge on any atom is -0.358 e. The molecule has 2 atom stereocenters. The molecule has 1 heterocycles. The maximum atomic E-state index is 4.65. The summed E-state index contributed by atoms with van der Waals surface area (Å²) in [6.07, 6.45) is 6.21. The first-order chi connectivity index (χ1) is 8.70. The Hall–Kier alpha value is -1.16. The zero-order valence-electron chi connectivity index (χ0n) is 11.7. The fraction of sp³-hybridized carbons (Fsp3) is 0.714. The van der Waals surface area contributed by atoms with Crippen molar-refractivity contribution in [3.8, 4) is 0 Å². The lowest BCUT2D eigenvalue weighted by molar-refractivity contribution is 0.658. The minimum absolute atomic E-state index is 0.808. The lowest BCUT2D eigenvalue weighted by atomic mass is 10.3. The van der Waals surface area contributed by atoms with Crippen LogP contribution in [-0.2, 0) is 6.54 Å². The molecule has 1 aromatic rings. The molecule has 1 N–H and O–H groups in total. The highest BCUT2D eigenvalue weighted by Gasteiger charge is 2.33. The summed E-state index contributed by atoms with van der Waals surface area (Å²) in [6.45, 7) is 7.42. The van der Waals surface area contributed by atoms with Crippen LogP contribution in [0.4, 0.5) is 5.82 Å². The van der Waals surface area contributed by atoms with Crippen molar-refractivity contribution in [2.75, 3.05) is 25.0 Å². The Morgan fingerprint density at radius 3 is 2.89 bits per heavy atom. The molecule has 1 fully saturated rings. The normalized spacial score (nSPS) is 21.9. The summed E-state index contributed by atoms with van der Waals surface area (Å²) in [5.41, 5.74) is 1.02. The third kappa shape index (κ3) is 3.67. The van der Waals surface area contributed by atoms with Crippen LogP contribution in [0.3, 0.4) is 0 Å². The quantitative estimate of drug-likeness (QED) is 0.750. The zero-order valence-corrected chi connectivity index (χ0v) is 11.7. The molecule has 1 aliphatic carbocycles. The molecule has 4 heteroatoms. The highest BCUT2D eigenvalue weighted by Crippen LogP contribution is 2.38. The summed E-state index contributed by atoms with van der Waals surface area (Å²) in [6, 6.07) is 0. The summed E-state index contributed by atoms with van der Waals surface area (Å²) in [7, 11) is 2.11. The highest BCUT2D eigenvalue weighted by atomic mass is 15.2. The van der Waals surface area contributed by atoms with Crippen molar-refractivity contribution in [3.05, 3.63) is 18.1 Å². The van der Waals surface area contributed by atoms with Gasteiger partial charge in [-0.1, -0.05) is 13.8 Å². The Kier molecular flexibility index (Phi) is 4.53. The topological polar surface area (TPSA) is 41.1 Å². The molecular formula is C14H24N4. The highest BCUT2D eigenvalue weighted by molar-refractivity contribution is 5.35. The van der Waals surface area contributed by atoms with Gasteiger partial charge in [0.05, 0.1) is 11.9 Å². The SMILES string of the molecule is CCCNCc1cncc(N(C)CC2CC2C)n1. The van der Waals surface area contributed by atoms with Gasteiger partial charge in [0.15, 0.2) is 0 Å². The average molecular weight is 248 g/mol. The predicted molar refractivity (Wildman–Crippen MR) is 74.6 cm³/mol. The number of aromatic nitrogens is 2. The van der Waals surface area contributed by atoms with Crippen LogP contribution in [-0.4, -0.2) is 30.1 Å². The standard InChI is InChI=1S/C14H24N4/c1-4-5-15-7-13-8-16-9-14(17-13)18(3)10-12-6-11(12)2/h8-9,11-12,15H,4-7,10H2,1-3H3. The summed E-state index contributed by atoms with van der Waals surface area (Å²) >= 11 is 0. The van der Waals surface area contributed by atoms with Crippen molar-refractivity contribution in [1.29, 1.82) is 0 Å². The van der Waals surface area contributed by atoms with Gasteiger partial charge >= 0.3 is 0 Å². The van der Waals surface area contributed by atoms with Crippen LogP contribution < -0.4 is 10.2 Å². The molecule has 0 radical (unpaired) electrons. The Morgan fingerprint density at radius 1 is 1.44 bits per heavy atom. The van der Waals surface area contributed by atoms with Crippen LogP contribution in [0.5, 0.6) is 0 Å². The average Bonchev–Trinajstić information content (AvgIpc) is 3.05. The van der Waals surface area contributed by atoms with Gasteiger partial charge in [0.2, 0.25) is 0 Å². The molecule has 0 amide bonds. The van der Waals surface area contributed by atoms with Crippen LogP contribution in [0.1, 0.15) is 32.4 Å². The number of anilines is 1. The maximum Gasteiger partial charge on any atom is 0.147 e. The van der Waals surface area contributed by atoms with E-state index in [2.05, 4.69) is 41.1 Å². The van der Waals surface area contributed by atoms with E-state index in [1.807, 2.05) is 12.4 Å². The van der Waals surface area contributed by atoms with Gasteiger partial charge in [-0.05, 0) is 31.2 Å². The van der Waals surface area contributed by atoms with E-state index >= 15 is 0 Å². The summed E-state index contributed by atoms with van der Waals surface area (Å²) in [4.78, 5) is 11.2. The van der Waals surface area contributed by atoms with Gasteiger partial charge in [-0.2, -0.15) is 0 Å². The second kappa shape index (κ2) is 6.14. The predicted octanol–water partition coefficient (Wildman–Crippen LogP) is 2.07. The van der Waals surface area contributed by atoms with Crippen LogP contribution in [0, 0.1) is 11.8 Å². The van der Waals surface area contributed by atoms with Crippen molar-refractivity contribution in [2.45, 2.75) is 33.2 Å². The second-order valence-corrected chi connectivity index (χ2v) is 5.40. The summed E-state index contributed by atoms with van der Waals surface area (Å²) in [5.74, 6) is 2.72. The van der Waals surface area contributed by atoms with Gasteiger partial charge < -0.3 is 10.2 Å². The van der Waals surface area contributed by atoms with Gasteiger partial charge in [-0.15, -0.1) is 0 Å². The summed E-state index contributed by atoms with van der Waals surface area (Å²) < 4.78 is 0. The van der Waals surface area contributed by atoms with Crippen molar-refractivity contribution in [2.24, 2.45) is 11.8 Å². The molecule has 100 valence electrons. The molecular weight excluding hydrogens is 224 g/mol. The van der Waals surface area contributed by atoms with E-state index < -0.39 is 0 Å². The van der Waals surface area contributed by atoms with Crippen LogP contribution in [0.25, 0.3) is 0 Å². The molecule has 0 spiro atoms. The summed E-state index contributed by atoms with van der Waals surface area (Å²) in [5, 5.41) is 3.36. The van der Waals surface area contributed by atoms with E-state index in [0.29, 0.717) is 0 Å². The largest absolute Gasteiger partial charge is 0.358 e. The van der Waals surface area contributed by atoms with Crippen LogP contribution in [0.2, 0.25) is 0 Å². The molecule has 0 saturated heterocycles. The zero-order chi connectivity index (χ0) is 13.0. The van der Waals surface area contributed by atoms with Gasteiger partial charge in [-0.25, -0.2) is 4.98 Å². The van der Waals surface area contributed by atoms with Gasteiger partial charge in [0.1, 0.15) is 5.82 Å². The molecule has 0 aromatic carbocycles. The fourth-order valence-corrected chi connectivity index (χ4v) is 2.16. The Bertz CT molecular complexity index is 380. The lowest BCUT2D eigenvalue weighted by Crippen LogP contribution is -2.23. The monoisotopic (exact) mass is 248 g/mol. The molecule has 4 nitrogen and oxygen atoms in total. The van der Waals surface area contributed by atoms with E-state index in [1.54, 1.807) is 0 Å². The van der Waals surface area contributed by atoms with Crippen LogP contribution >= 0.6 is 0 Å². The molecule has 1 aromatic heterocycles. The van der Waals surface area contributed by atoms with Crippen molar-refractivity contribution in [1.82, 2.24) is 15.3 Å². The molecule has 18 heavy (non-hydrogen) atoms. The van der Waals surface area contributed by atoms with E-state index in [1.165, 1.54) is 6.42 Å². The van der Waals surface area contributed by atoms with E-state index in [4.69, 9.17) is 0 Å². The Morgan fingerprint density at radius 2 is 2.22 bits per heavy atom. The van der Waals surface area contributed by atoms with Gasteiger partial charge in [0, 0.05) is 26.3 Å². The number of hydrogen-bond acceptors (Lipinski definition) is 4. The first kappa shape index (κ1) is 13.3. The molecule has 2 rings (SSSR count). The van der Waals surface area contributed by atoms with Crippen LogP contribution in [0.15, 0.2) is 12.4 Å². The van der Waals surface area contributed by atoms with Gasteiger partial charge in [0.25, 0.3) is 0 Å².